The average molecular weight is 318 g/mol. The molecular weight excluding hydrogens is 305 g/mol. The highest BCUT2D eigenvalue weighted by atomic mass is 19.4. The summed E-state index contributed by atoms with van der Waals surface area (Å²) in [7, 11) is 0. The van der Waals surface area contributed by atoms with E-state index in [1.54, 1.807) is 6.07 Å². The van der Waals surface area contributed by atoms with Crippen LogP contribution in [0.15, 0.2) is 57.7 Å². The summed E-state index contributed by atoms with van der Waals surface area (Å²) in [6.45, 7) is 1.97. The minimum atomic E-state index is -4.60. The highest BCUT2D eigenvalue weighted by Gasteiger charge is 2.33. The first kappa shape index (κ1) is 15.3. The maximum Gasteiger partial charge on any atom is 0.417 e. The van der Waals surface area contributed by atoms with Crippen molar-refractivity contribution in [2.45, 2.75) is 19.5 Å². The predicted molar refractivity (Wildman–Crippen MR) is 81.5 cm³/mol. The Bertz CT molecular complexity index is 906. The summed E-state index contributed by atoms with van der Waals surface area (Å²) >= 11 is 0. The highest BCUT2D eigenvalue weighted by molar-refractivity contribution is 5.81. The van der Waals surface area contributed by atoms with Crippen molar-refractivity contribution in [1.82, 2.24) is 0 Å². The topological polar surface area (TPSA) is 30.2 Å². The molecule has 1 heterocycles. The van der Waals surface area contributed by atoms with Crippen molar-refractivity contribution in [2.24, 2.45) is 0 Å². The van der Waals surface area contributed by atoms with Crippen molar-refractivity contribution in [3.05, 3.63) is 81.2 Å². The molecule has 2 nitrogen and oxygen atoms in total. The maximum absolute atomic E-state index is 13.1. The molecular formula is C18H13F3O2. The summed E-state index contributed by atoms with van der Waals surface area (Å²) < 4.78 is 44.2. The molecule has 0 aliphatic rings. The van der Waals surface area contributed by atoms with E-state index < -0.39 is 17.4 Å². The van der Waals surface area contributed by atoms with Gasteiger partial charge in [0.2, 0.25) is 0 Å². The molecule has 0 fully saturated rings. The lowest BCUT2D eigenvalue weighted by Crippen LogP contribution is -2.11. The molecule has 0 N–H and O–H groups in total. The molecule has 23 heavy (non-hydrogen) atoms. The van der Waals surface area contributed by atoms with Gasteiger partial charge in [-0.05, 0) is 36.6 Å². The van der Waals surface area contributed by atoms with Crippen LogP contribution in [-0.2, 0) is 12.6 Å². The van der Waals surface area contributed by atoms with E-state index in [1.807, 2.05) is 31.2 Å². The minimum Gasteiger partial charge on any atom is -0.423 e. The van der Waals surface area contributed by atoms with Gasteiger partial charge < -0.3 is 4.42 Å². The molecule has 0 unspecified atom stereocenters. The molecule has 0 aliphatic heterocycles. The smallest absolute Gasteiger partial charge is 0.417 e. The Balaban J connectivity index is 2.09. The van der Waals surface area contributed by atoms with Crippen LogP contribution in [0.1, 0.15) is 22.3 Å². The van der Waals surface area contributed by atoms with Crippen molar-refractivity contribution in [3.63, 3.8) is 0 Å². The van der Waals surface area contributed by atoms with Crippen LogP contribution in [0, 0.1) is 6.92 Å². The van der Waals surface area contributed by atoms with E-state index in [-0.39, 0.29) is 11.0 Å². The van der Waals surface area contributed by atoms with E-state index in [2.05, 4.69) is 0 Å². The van der Waals surface area contributed by atoms with Crippen LogP contribution in [0.3, 0.4) is 0 Å². The maximum atomic E-state index is 13.1. The Morgan fingerprint density at radius 3 is 2.26 bits per heavy atom. The normalized spacial score (nSPS) is 11.8. The number of hydrogen-bond acceptors (Lipinski definition) is 2. The van der Waals surface area contributed by atoms with E-state index in [0.717, 1.165) is 16.7 Å². The third-order valence-corrected chi connectivity index (χ3v) is 3.64. The lowest BCUT2D eigenvalue weighted by molar-refractivity contribution is -0.136. The third kappa shape index (κ3) is 3.28. The van der Waals surface area contributed by atoms with E-state index >= 15 is 0 Å². The first-order valence-electron chi connectivity index (χ1n) is 7.02. The Kier molecular flexibility index (Phi) is 3.72. The van der Waals surface area contributed by atoms with Gasteiger partial charge in [0.05, 0.1) is 5.56 Å². The summed E-state index contributed by atoms with van der Waals surface area (Å²) in [4.78, 5) is 11.3. The predicted octanol–water partition coefficient (Wildman–Crippen LogP) is 4.71. The summed E-state index contributed by atoms with van der Waals surface area (Å²) in [5, 5.41) is -0.0956. The number of fused-ring (bicyclic) bond motifs is 1. The molecule has 0 saturated carbocycles. The van der Waals surface area contributed by atoms with Crippen molar-refractivity contribution in [3.8, 4) is 0 Å². The Hall–Kier alpha value is -2.56. The van der Waals surface area contributed by atoms with Crippen LogP contribution in [0.4, 0.5) is 13.2 Å². The molecule has 0 amide bonds. The van der Waals surface area contributed by atoms with Crippen molar-refractivity contribution < 1.29 is 17.6 Å². The monoisotopic (exact) mass is 318 g/mol. The van der Waals surface area contributed by atoms with Gasteiger partial charge in [-0.1, -0.05) is 35.9 Å². The molecule has 0 spiro atoms. The largest absolute Gasteiger partial charge is 0.423 e. The van der Waals surface area contributed by atoms with Crippen molar-refractivity contribution in [2.75, 3.05) is 0 Å². The molecule has 0 bridgehead atoms. The molecule has 3 aromatic rings. The summed E-state index contributed by atoms with van der Waals surface area (Å²) in [5.41, 5.74) is 0.818. The Morgan fingerprint density at radius 2 is 1.61 bits per heavy atom. The molecule has 0 saturated heterocycles. The van der Waals surface area contributed by atoms with Crippen LogP contribution in [0.25, 0.3) is 11.0 Å². The zero-order valence-electron chi connectivity index (χ0n) is 12.3. The lowest BCUT2D eigenvalue weighted by atomic mass is 10.0. The van der Waals surface area contributed by atoms with Crippen LogP contribution >= 0.6 is 0 Å². The fraction of sp³-hybridized carbons (Fsp3) is 0.167. The fourth-order valence-corrected chi connectivity index (χ4v) is 2.50. The standard InChI is InChI=1S/C18H13F3O2/c1-11-2-4-12(5-3-11)8-13-6-7-16-14(9-13)15(18(19,20)21)10-17(22)23-16/h2-7,9-10H,8H2,1H3. The van der Waals surface area contributed by atoms with Crippen molar-refractivity contribution >= 4 is 11.0 Å². The molecule has 5 heteroatoms. The second-order valence-electron chi connectivity index (χ2n) is 5.47. The van der Waals surface area contributed by atoms with Crippen molar-refractivity contribution in [1.29, 1.82) is 0 Å². The molecule has 1 aromatic heterocycles. The molecule has 3 rings (SSSR count). The number of hydrogen-bond donors (Lipinski definition) is 0. The number of alkyl halides is 3. The number of benzene rings is 2. The van der Waals surface area contributed by atoms with Gasteiger partial charge in [-0.2, -0.15) is 13.2 Å². The van der Waals surface area contributed by atoms with Gasteiger partial charge in [0.15, 0.2) is 0 Å². The van der Waals surface area contributed by atoms with E-state index in [9.17, 15) is 18.0 Å². The van der Waals surface area contributed by atoms with Gasteiger partial charge in [-0.3, -0.25) is 0 Å². The Labute approximate surface area is 130 Å². The first-order valence-corrected chi connectivity index (χ1v) is 7.02. The summed E-state index contributed by atoms with van der Waals surface area (Å²) in [6.07, 6.45) is -4.09. The SMILES string of the molecule is Cc1ccc(Cc2ccc3oc(=O)cc(C(F)(F)F)c3c2)cc1. The van der Waals surface area contributed by atoms with Crippen LogP contribution < -0.4 is 5.63 Å². The summed E-state index contributed by atoms with van der Waals surface area (Å²) in [6, 6.07) is 12.8. The third-order valence-electron chi connectivity index (χ3n) is 3.64. The van der Waals surface area contributed by atoms with E-state index in [1.165, 1.54) is 12.1 Å². The number of rotatable bonds is 2. The van der Waals surface area contributed by atoms with Crippen LogP contribution in [-0.4, -0.2) is 0 Å². The lowest BCUT2D eigenvalue weighted by Gasteiger charge is -2.10. The van der Waals surface area contributed by atoms with Crippen LogP contribution in [0.5, 0.6) is 0 Å². The van der Waals surface area contributed by atoms with Crippen LogP contribution in [0.2, 0.25) is 0 Å². The van der Waals surface area contributed by atoms with Gasteiger partial charge >= 0.3 is 11.8 Å². The molecule has 2 aromatic carbocycles. The van der Waals surface area contributed by atoms with E-state index in [4.69, 9.17) is 4.42 Å². The van der Waals surface area contributed by atoms with Gasteiger partial charge in [-0.25, -0.2) is 4.79 Å². The number of aryl methyl sites for hydroxylation is 1. The zero-order chi connectivity index (χ0) is 16.6. The second kappa shape index (κ2) is 5.57. The quantitative estimate of drug-likeness (QED) is 0.641. The molecule has 0 atom stereocenters. The fourth-order valence-electron chi connectivity index (χ4n) is 2.50. The number of halogens is 3. The average Bonchev–Trinajstić information content (AvgIpc) is 2.48. The second-order valence-corrected chi connectivity index (χ2v) is 5.47. The first-order chi connectivity index (χ1) is 10.8. The zero-order valence-corrected chi connectivity index (χ0v) is 12.3. The molecule has 0 aliphatic carbocycles. The van der Waals surface area contributed by atoms with Gasteiger partial charge in [-0.15, -0.1) is 0 Å². The minimum absolute atomic E-state index is 0.0579. The molecule has 118 valence electrons. The van der Waals surface area contributed by atoms with Gasteiger partial charge in [0.1, 0.15) is 5.58 Å². The Morgan fingerprint density at radius 1 is 0.957 bits per heavy atom. The highest BCUT2D eigenvalue weighted by Crippen LogP contribution is 2.34. The van der Waals surface area contributed by atoms with Gasteiger partial charge in [0, 0.05) is 11.5 Å². The van der Waals surface area contributed by atoms with E-state index in [0.29, 0.717) is 12.5 Å². The summed E-state index contributed by atoms with van der Waals surface area (Å²) in [5.74, 6) is 0. The molecule has 0 radical (unpaired) electrons. The van der Waals surface area contributed by atoms with Gasteiger partial charge in [0.25, 0.3) is 0 Å².